The van der Waals surface area contributed by atoms with Crippen LogP contribution in [0.1, 0.15) is 25.4 Å². The van der Waals surface area contributed by atoms with Crippen LogP contribution in [0.15, 0.2) is 17.3 Å². The summed E-state index contributed by atoms with van der Waals surface area (Å²) in [4.78, 5) is 0.287. The first-order valence-electron chi connectivity index (χ1n) is 5.05. The van der Waals surface area contributed by atoms with Gasteiger partial charge in [0, 0.05) is 12.5 Å². The third-order valence-electron chi connectivity index (χ3n) is 2.61. The van der Waals surface area contributed by atoms with Crippen molar-refractivity contribution in [2.24, 2.45) is 0 Å². The molecular weight excluding hydrogens is 214 g/mol. The van der Waals surface area contributed by atoms with Crippen molar-refractivity contribution in [2.45, 2.75) is 30.3 Å². The first-order chi connectivity index (χ1) is 7.07. The van der Waals surface area contributed by atoms with Crippen molar-refractivity contribution >= 4 is 9.84 Å². The Morgan fingerprint density at radius 2 is 2.33 bits per heavy atom. The predicted octanol–water partition coefficient (Wildman–Crippen LogP) is 0.559. The van der Waals surface area contributed by atoms with E-state index < -0.39 is 9.84 Å². The lowest BCUT2D eigenvalue weighted by Crippen LogP contribution is -2.31. The molecule has 0 amide bonds. The fourth-order valence-corrected chi connectivity index (χ4v) is 2.28. The standard InChI is InChI=1S/C9H15N3O2S/c1-15(13,14)8-6-11-12(7-8)9-4-2-3-5-10-9/h6-7,9-10H,2-5H2,1H3. The Bertz CT molecular complexity index is 432. The number of rotatable bonds is 2. The number of nitrogens with one attached hydrogen (secondary N) is 1. The molecule has 1 N–H and O–H groups in total. The molecule has 2 heterocycles. The molecule has 1 atom stereocenters. The lowest BCUT2D eigenvalue weighted by atomic mass is 10.1. The van der Waals surface area contributed by atoms with Crippen molar-refractivity contribution in [1.82, 2.24) is 15.1 Å². The quantitative estimate of drug-likeness (QED) is 0.804. The molecule has 0 aliphatic carbocycles. The Morgan fingerprint density at radius 1 is 1.53 bits per heavy atom. The van der Waals surface area contributed by atoms with E-state index in [-0.39, 0.29) is 11.1 Å². The Hall–Kier alpha value is -0.880. The Labute approximate surface area is 89.4 Å². The number of nitrogens with zero attached hydrogens (tertiary/aromatic N) is 2. The molecule has 0 bridgehead atoms. The lowest BCUT2D eigenvalue weighted by molar-refractivity contribution is 0.297. The molecule has 1 unspecified atom stereocenters. The van der Waals surface area contributed by atoms with Gasteiger partial charge in [0.1, 0.15) is 11.1 Å². The van der Waals surface area contributed by atoms with Crippen molar-refractivity contribution < 1.29 is 8.42 Å². The zero-order valence-electron chi connectivity index (χ0n) is 8.68. The Kier molecular flexibility index (Phi) is 2.79. The van der Waals surface area contributed by atoms with Gasteiger partial charge < -0.3 is 0 Å². The largest absolute Gasteiger partial charge is 0.296 e. The fourth-order valence-electron chi connectivity index (χ4n) is 1.74. The summed E-state index contributed by atoms with van der Waals surface area (Å²) >= 11 is 0. The second kappa shape index (κ2) is 3.94. The van der Waals surface area contributed by atoms with Gasteiger partial charge in [0.15, 0.2) is 9.84 Å². The molecule has 0 radical (unpaired) electrons. The van der Waals surface area contributed by atoms with Gasteiger partial charge in [-0.05, 0) is 25.8 Å². The third-order valence-corrected chi connectivity index (χ3v) is 3.68. The van der Waals surface area contributed by atoms with Gasteiger partial charge in [-0.3, -0.25) is 10.00 Å². The van der Waals surface area contributed by atoms with Crippen molar-refractivity contribution in [3.05, 3.63) is 12.4 Å². The normalized spacial score (nSPS) is 22.9. The third kappa shape index (κ3) is 2.38. The summed E-state index contributed by atoms with van der Waals surface area (Å²) in [5.74, 6) is 0. The van der Waals surface area contributed by atoms with E-state index in [1.807, 2.05) is 0 Å². The summed E-state index contributed by atoms with van der Waals surface area (Å²) in [6, 6.07) is 0. The van der Waals surface area contributed by atoms with E-state index in [4.69, 9.17) is 0 Å². The maximum Gasteiger partial charge on any atom is 0.178 e. The average Bonchev–Trinajstić information content (AvgIpc) is 2.67. The number of hydrogen-bond donors (Lipinski definition) is 1. The first-order valence-corrected chi connectivity index (χ1v) is 6.94. The molecular formula is C9H15N3O2S. The molecule has 15 heavy (non-hydrogen) atoms. The van der Waals surface area contributed by atoms with Crippen molar-refractivity contribution in [3.63, 3.8) is 0 Å². The molecule has 1 saturated heterocycles. The molecule has 1 aromatic heterocycles. The summed E-state index contributed by atoms with van der Waals surface area (Å²) < 4.78 is 24.2. The van der Waals surface area contributed by atoms with E-state index in [0.29, 0.717) is 0 Å². The van der Waals surface area contributed by atoms with Gasteiger partial charge in [0.2, 0.25) is 0 Å². The molecule has 1 aliphatic rings. The molecule has 0 spiro atoms. The van der Waals surface area contributed by atoms with Gasteiger partial charge in [0.05, 0.1) is 6.20 Å². The van der Waals surface area contributed by atoms with Crippen LogP contribution in [0, 0.1) is 0 Å². The van der Waals surface area contributed by atoms with Crippen LogP contribution in [0.5, 0.6) is 0 Å². The smallest absolute Gasteiger partial charge is 0.178 e. The van der Waals surface area contributed by atoms with Gasteiger partial charge >= 0.3 is 0 Å². The topological polar surface area (TPSA) is 64.0 Å². The SMILES string of the molecule is CS(=O)(=O)c1cnn(C2CCCCN2)c1. The summed E-state index contributed by atoms with van der Waals surface area (Å²) in [5, 5.41) is 7.39. The monoisotopic (exact) mass is 229 g/mol. The minimum atomic E-state index is -3.13. The molecule has 1 aliphatic heterocycles. The van der Waals surface area contributed by atoms with E-state index >= 15 is 0 Å². The van der Waals surface area contributed by atoms with Crippen LogP contribution in [-0.2, 0) is 9.84 Å². The van der Waals surface area contributed by atoms with Crippen LogP contribution in [0.4, 0.5) is 0 Å². The maximum absolute atomic E-state index is 11.3. The van der Waals surface area contributed by atoms with E-state index in [9.17, 15) is 8.42 Å². The van der Waals surface area contributed by atoms with E-state index in [0.717, 1.165) is 19.4 Å². The number of piperidine rings is 1. The number of aromatic nitrogens is 2. The molecule has 84 valence electrons. The Balaban J connectivity index is 2.19. The van der Waals surface area contributed by atoms with Crippen molar-refractivity contribution in [1.29, 1.82) is 0 Å². The number of hydrogen-bond acceptors (Lipinski definition) is 4. The molecule has 2 rings (SSSR count). The van der Waals surface area contributed by atoms with Gasteiger partial charge in [-0.25, -0.2) is 8.42 Å². The van der Waals surface area contributed by atoms with Crippen LogP contribution in [0.2, 0.25) is 0 Å². The van der Waals surface area contributed by atoms with Crippen molar-refractivity contribution in [2.75, 3.05) is 12.8 Å². The maximum atomic E-state index is 11.3. The highest BCUT2D eigenvalue weighted by molar-refractivity contribution is 7.90. The number of sulfone groups is 1. The molecule has 1 fully saturated rings. The lowest BCUT2D eigenvalue weighted by Gasteiger charge is -2.23. The summed E-state index contributed by atoms with van der Waals surface area (Å²) in [6.45, 7) is 0.971. The minimum Gasteiger partial charge on any atom is -0.296 e. The van der Waals surface area contributed by atoms with Crippen LogP contribution >= 0.6 is 0 Å². The van der Waals surface area contributed by atoms with Crippen LogP contribution in [-0.4, -0.2) is 31.0 Å². The highest BCUT2D eigenvalue weighted by atomic mass is 32.2. The summed E-state index contributed by atoms with van der Waals surface area (Å²) in [7, 11) is -3.13. The van der Waals surface area contributed by atoms with Gasteiger partial charge in [0.25, 0.3) is 0 Å². The summed E-state index contributed by atoms with van der Waals surface area (Å²) in [5.41, 5.74) is 0. The highest BCUT2D eigenvalue weighted by Crippen LogP contribution is 2.17. The molecule has 0 aromatic carbocycles. The van der Waals surface area contributed by atoms with Crippen LogP contribution < -0.4 is 5.32 Å². The zero-order chi connectivity index (χ0) is 10.9. The zero-order valence-corrected chi connectivity index (χ0v) is 9.50. The van der Waals surface area contributed by atoms with Crippen LogP contribution in [0.3, 0.4) is 0 Å². The molecule has 0 saturated carbocycles. The van der Waals surface area contributed by atoms with Gasteiger partial charge in [-0.2, -0.15) is 5.10 Å². The average molecular weight is 229 g/mol. The van der Waals surface area contributed by atoms with Crippen molar-refractivity contribution in [3.8, 4) is 0 Å². The fraction of sp³-hybridized carbons (Fsp3) is 0.667. The summed E-state index contributed by atoms with van der Waals surface area (Å²) in [6.07, 6.45) is 7.69. The van der Waals surface area contributed by atoms with E-state index in [2.05, 4.69) is 10.4 Å². The highest BCUT2D eigenvalue weighted by Gasteiger charge is 2.17. The van der Waals surface area contributed by atoms with E-state index in [1.165, 1.54) is 18.9 Å². The predicted molar refractivity (Wildman–Crippen MR) is 56.2 cm³/mol. The molecule has 1 aromatic rings. The van der Waals surface area contributed by atoms with Crippen LogP contribution in [0.25, 0.3) is 0 Å². The minimum absolute atomic E-state index is 0.147. The van der Waals surface area contributed by atoms with Gasteiger partial charge in [-0.1, -0.05) is 0 Å². The first kappa shape index (κ1) is 10.6. The molecule has 6 heteroatoms. The second-order valence-electron chi connectivity index (χ2n) is 3.89. The van der Waals surface area contributed by atoms with E-state index in [1.54, 1.807) is 10.9 Å². The van der Waals surface area contributed by atoms with Gasteiger partial charge in [-0.15, -0.1) is 0 Å². The molecule has 5 nitrogen and oxygen atoms in total. The Morgan fingerprint density at radius 3 is 2.87 bits per heavy atom. The second-order valence-corrected chi connectivity index (χ2v) is 5.91.